The molecule has 1 N–H and O–H groups in total. The maximum absolute atomic E-state index is 5.20. The summed E-state index contributed by atoms with van der Waals surface area (Å²) in [6.07, 6.45) is 6.39. The minimum Gasteiger partial charge on any atom is -0.383 e. The number of ether oxygens (including phenoxy) is 1. The predicted molar refractivity (Wildman–Crippen MR) is 71.4 cm³/mol. The number of nitrogens with one attached hydrogen (secondary N) is 1. The number of nitrogens with zero attached hydrogens (tertiary/aromatic N) is 3. The lowest BCUT2D eigenvalue weighted by molar-refractivity contribution is 0.136. The van der Waals surface area contributed by atoms with Crippen LogP contribution in [0, 0.1) is 0 Å². The third-order valence-corrected chi connectivity index (χ3v) is 3.55. The second kappa shape index (κ2) is 6.87. The highest BCUT2D eigenvalue weighted by molar-refractivity contribution is 4.97. The number of methoxy groups -OCH3 is 1. The molecule has 1 fully saturated rings. The molecule has 1 aromatic rings. The molecule has 1 aliphatic heterocycles. The van der Waals surface area contributed by atoms with Crippen LogP contribution in [0.4, 0.5) is 0 Å². The van der Waals surface area contributed by atoms with Crippen LogP contribution in [0.5, 0.6) is 0 Å². The van der Waals surface area contributed by atoms with Crippen molar-refractivity contribution in [1.29, 1.82) is 0 Å². The molecule has 0 bridgehead atoms. The molecule has 1 saturated heterocycles. The molecule has 2 heterocycles. The maximum atomic E-state index is 5.20. The molecule has 5 heteroatoms. The van der Waals surface area contributed by atoms with E-state index in [9.17, 15) is 0 Å². The lowest BCUT2D eigenvalue weighted by atomic mass is 10.2. The Bertz CT molecular complexity index is 347. The highest BCUT2D eigenvalue weighted by Crippen LogP contribution is 2.10. The fraction of sp³-hybridized carbons (Fsp3) is 0.769. The van der Waals surface area contributed by atoms with Gasteiger partial charge in [0, 0.05) is 46.0 Å². The van der Waals surface area contributed by atoms with Crippen LogP contribution in [0.25, 0.3) is 0 Å². The van der Waals surface area contributed by atoms with E-state index in [1.165, 1.54) is 18.5 Å². The van der Waals surface area contributed by atoms with Gasteiger partial charge in [0.2, 0.25) is 0 Å². The Morgan fingerprint density at radius 2 is 2.50 bits per heavy atom. The van der Waals surface area contributed by atoms with Gasteiger partial charge in [-0.25, -0.2) is 4.98 Å². The van der Waals surface area contributed by atoms with Crippen molar-refractivity contribution in [2.24, 2.45) is 7.05 Å². The van der Waals surface area contributed by atoms with Crippen molar-refractivity contribution in [3.8, 4) is 0 Å². The lowest BCUT2D eigenvalue weighted by Crippen LogP contribution is -2.39. The van der Waals surface area contributed by atoms with E-state index in [1.54, 1.807) is 7.11 Å². The molecule has 102 valence electrons. The largest absolute Gasteiger partial charge is 0.383 e. The maximum Gasteiger partial charge on any atom is 0.0945 e. The molecule has 1 unspecified atom stereocenters. The molecule has 2 rings (SSSR count). The van der Waals surface area contributed by atoms with Crippen LogP contribution in [-0.4, -0.2) is 53.8 Å². The van der Waals surface area contributed by atoms with Gasteiger partial charge in [0.05, 0.1) is 18.6 Å². The monoisotopic (exact) mass is 252 g/mol. The third kappa shape index (κ3) is 3.80. The van der Waals surface area contributed by atoms with Crippen molar-refractivity contribution in [2.45, 2.75) is 25.4 Å². The minimum atomic E-state index is 0.634. The zero-order valence-corrected chi connectivity index (χ0v) is 11.4. The van der Waals surface area contributed by atoms with E-state index in [2.05, 4.69) is 19.8 Å². The molecule has 0 aliphatic carbocycles. The summed E-state index contributed by atoms with van der Waals surface area (Å²) in [5.74, 6) is 0. The Morgan fingerprint density at radius 3 is 3.11 bits per heavy atom. The van der Waals surface area contributed by atoms with Crippen molar-refractivity contribution >= 4 is 0 Å². The number of hydrogen-bond donors (Lipinski definition) is 1. The summed E-state index contributed by atoms with van der Waals surface area (Å²) < 4.78 is 7.29. The van der Waals surface area contributed by atoms with Crippen LogP contribution in [0.15, 0.2) is 12.5 Å². The van der Waals surface area contributed by atoms with Crippen molar-refractivity contribution in [2.75, 3.05) is 33.4 Å². The summed E-state index contributed by atoms with van der Waals surface area (Å²) in [6.45, 7) is 4.95. The normalized spacial score (nSPS) is 19.8. The van der Waals surface area contributed by atoms with Crippen LogP contribution in [-0.2, 0) is 18.3 Å². The van der Waals surface area contributed by atoms with Crippen LogP contribution >= 0.6 is 0 Å². The van der Waals surface area contributed by atoms with Crippen LogP contribution in [0.2, 0.25) is 0 Å². The number of imidazole rings is 1. The minimum absolute atomic E-state index is 0.634. The lowest BCUT2D eigenvalue weighted by Gasteiger charge is -2.25. The molecule has 0 saturated carbocycles. The van der Waals surface area contributed by atoms with Crippen LogP contribution < -0.4 is 5.32 Å². The van der Waals surface area contributed by atoms with E-state index in [0.717, 1.165) is 32.8 Å². The molecule has 18 heavy (non-hydrogen) atoms. The summed E-state index contributed by atoms with van der Waals surface area (Å²) >= 11 is 0. The van der Waals surface area contributed by atoms with Crippen molar-refractivity contribution in [1.82, 2.24) is 19.8 Å². The Morgan fingerprint density at radius 1 is 1.61 bits per heavy atom. The van der Waals surface area contributed by atoms with E-state index in [1.807, 2.05) is 19.6 Å². The summed E-state index contributed by atoms with van der Waals surface area (Å²) in [5, 5.41) is 3.55. The first-order valence-corrected chi connectivity index (χ1v) is 6.69. The van der Waals surface area contributed by atoms with Crippen molar-refractivity contribution < 1.29 is 4.74 Å². The Hall–Kier alpha value is -0.910. The topological polar surface area (TPSA) is 42.3 Å². The molecular weight excluding hydrogens is 228 g/mol. The molecule has 1 atom stereocenters. The summed E-state index contributed by atoms with van der Waals surface area (Å²) in [5.41, 5.74) is 1.25. The first-order chi connectivity index (χ1) is 8.79. The Balaban J connectivity index is 1.89. The second-order valence-electron chi connectivity index (χ2n) is 5.02. The summed E-state index contributed by atoms with van der Waals surface area (Å²) in [7, 11) is 3.81. The molecule has 0 radical (unpaired) electrons. The van der Waals surface area contributed by atoms with Gasteiger partial charge in [-0.1, -0.05) is 0 Å². The smallest absolute Gasteiger partial charge is 0.0945 e. The first-order valence-electron chi connectivity index (χ1n) is 6.69. The van der Waals surface area contributed by atoms with Gasteiger partial charge in [0.15, 0.2) is 0 Å². The molecule has 0 spiro atoms. The van der Waals surface area contributed by atoms with E-state index >= 15 is 0 Å². The number of aromatic nitrogens is 2. The van der Waals surface area contributed by atoms with Gasteiger partial charge < -0.3 is 14.6 Å². The van der Waals surface area contributed by atoms with Crippen LogP contribution in [0.1, 0.15) is 18.5 Å². The van der Waals surface area contributed by atoms with Gasteiger partial charge in [0.25, 0.3) is 0 Å². The molecular formula is C13H24N4O. The predicted octanol–water partition coefficient (Wildman–Crippen LogP) is 0.620. The van der Waals surface area contributed by atoms with Crippen LogP contribution in [0.3, 0.4) is 0 Å². The number of hydrogen-bond acceptors (Lipinski definition) is 4. The van der Waals surface area contributed by atoms with Gasteiger partial charge >= 0.3 is 0 Å². The van der Waals surface area contributed by atoms with E-state index < -0.39 is 0 Å². The van der Waals surface area contributed by atoms with Gasteiger partial charge in [-0.05, 0) is 19.4 Å². The van der Waals surface area contributed by atoms with Crippen molar-refractivity contribution in [3.05, 3.63) is 18.2 Å². The molecule has 1 aliphatic rings. The van der Waals surface area contributed by atoms with E-state index in [-0.39, 0.29) is 0 Å². The van der Waals surface area contributed by atoms with Gasteiger partial charge in [0.1, 0.15) is 0 Å². The zero-order chi connectivity index (χ0) is 12.8. The van der Waals surface area contributed by atoms with Gasteiger partial charge in [-0.3, -0.25) is 4.90 Å². The standard InChI is InChI=1S/C13H24N4O/c1-16-11-14-8-13(16)10-17(6-7-18-2)9-12-4-3-5-15-12/h8,11-12,15H,3-7,9-10H2,1-2H3. The highest BCUT2D eigenvalue weighted by atomic mass is 16.5. The Kier molecular flexibility index (Phi) is 5.16. The van der Waals surface area contributed by atoms with E-state index in [0.29, 0.717) is 6.04 Å². The molecule has 0 aromatic carbocycles. The van der Waals surface area contributed by atoms with Crippen molar-refractivity contribution in [3.63, 3.8) is 0 Å². The molecule has 0 amide bonds. The molecule has 1 aromatic heterocycles. The number of aryl methyl sites for hydroxylation is 1. The number of rotatable bonds is 7. The average Bonchev–Trinajstić information content (AvgIpc) is 2.99. The second-order valence-corrected chi connectivity index (χ2v) is 5.02. The quantitative estimate of drug-likeness (QED) is 0.772. The molecule has 5 nitrogen and oxygen atoms in total. The summed E-state index contributed by atoms with van der Waals surface area (Å²) in [6, 6.07) is 0.634. The Labute approximate surface area is 109 Å². The SMILES string of the molecule is COCCN(Cc1cncn1C)CC1CCCN1. The summed E-state index contributed by atoms with van der Waals surface area (Å²) in [4.78, 5) is 6.62. The highest BCUT2D eigenvalue weighted by Gasteiger charge is 2.18. The van der Waals surface area contributed by atoms with Gasteiger partial charge in [-0.2, -0.15) is 0 Å². The van der Waals surface area contributed by atoms with E-state index in [4.69, 9.17) is 4.74 Å². The first kappa shape index (κ1) is 13.5. The fourth-order valence-electron chi connectivity index (χ4n) is 2.45. The average molecular weight is 252 g/mol. The van der Waals surface area contributed by atoms with Gasteiger partial charge in [-0.15, -0.1) is 0 Å². The fourth-order valence-corrected chi connectivity index (χ4v) is 2.45. The third-order valence-electron chi connectivity index (χ3n) is 3.55. The zero-order valence-electron chi connectivity index (χ0n) is 11.4.